The van der Waals surface area contributed by atoms with Crippen LogP contribution in [-0.4, -0.2) is 11.6 Å². The molecule has 1 heterocycles. The Kier molecular flexibility index (Phi) is 5.35. The number of hydrogen-bond acceptors (Lipinski definition) is 2. The third kappa shape index (κ3) is 3.89. The van der Waals surface area contributed by atoms with E-state index in [-0.39, 0.29) is 22.4 Å². The molecule has 0 saturated carbocycles. The average molecular weight is 406 g/mol. The van der Waals surface area contributed by atoms with Gasteiger partial charge in [-0.25, -0.2) is 4.79 Å². The molecule has 2 aromatic carbocycles. The predicted octanol–water partition coefficient (Wildman–Crippen LogP) is 7.57. The van der Waals surface area contributed by atoms with E-state index in [1.165, 1.54) is 21.2 Å². The minimum atomic E-state index is -0.507. The van der Waals surface area contributed by atoms with Crippen LogP contribution in [0.15, 0.2) is 65.6 Å². The largest absolute Gasteiger partial charge is 0.455 e. The molecule has 3 aromatic rings. The molecule has 0 fully saturated rings. The second-order valence-corrected chi connectivity index (χ2v) is 10.4. The molecule has 4 rings (SSSR count). The lowest BCUT2D eigenvalue weighted by Gasteiger charge is -2.36. The number of aryl methyl sites for hydroxylation is 1. The third-order valence-electron chi connectivity index (χ3n) is 6.07. The molecular weight excluding hydrogens is 376 g/mol. The van der Waals surface area contributed by atoms with Crippen LogP contribution in [0.1, 0.15) is 56.0 Å². The zero-order chi connectivity index (χ0) is 20.6. The maximum Gasteiger partial charge on any atom is 0.338 e. The minimum absolute atomic E-state index is 0.135. The fourth-order valence-electron chi connectivity index (χ4n) is 4.53. The van der Waals surface area contributed by atoms with Gasteiger partial charge < -0.3 is 4.74 Å². The summed E-state index contributed by atoms with van der Waals surface area (Å²) in [5.41, 5.74) is 2.77. The van der Waals surface area contributed by atoms with Crippen molar-refractivity contribution in [3.63, 3.8) is 0 Å². The first-order chi connectivity index (χ1) is 13.9. The van der Waals surface area contributed by atoms with Crippen molar-refractivity contribution in [1.29, 1.82) is 0 Å². The third-order valence-corrected chi connectivity index (χ3v) is 8.26. The Morgan fingerprint density at radius 3 is 2.69 bits per heavy atom. The first-order valence-corrected chi connectivity index (χ1v) is 11.7. The summed E-state index contributed by atoms with van der Waals surface area (Å²) in [4.78, 5) is 14.2. The number of benzene rings is 2. The number of allylic oxidation sites excluding steroid dienone is 1. The molecular formula is C26H29O2S+. The van der Waals surface area contributed by atoms with Crippen LogP contribution in [0.5, 0.6) is 0 Å². The Bertz CT molecular complexity index is 1090. The van der Waals surface area contributed by atoms with Gasteiger partial charge in [0.05, 0.1) is 5.56 Å². The van der Waals surface area contributed by atoms with Crippen molar-refractivity contribution >= 4 is 26.5 Å². The van der Waals surface area contributed by atoms with E-state index in [1.54, 1.807) is 0 Å². The van der Waals surface area contributed by atoms with E-state index in [4.69, 9.17) is 4.74 Å². The van der Waals surface area contributed by atoms with E-state index in [2.05, 4.69) is 55.6 Å². The van der Waals surface area contributed by atoms with Gasteiger partial charge in [-0.05, 0) is 71.2 Å². The van der Waals surface area contributed by atoms with Crippen LogP contribution < -0.4 is 0 Å². The van der Waals surface area contributed by atoms with Crippen molar-refractivity contribution in [2.24, 2.45) is 5.92 Å². The summed E-state index contributed by atoms with van der Waals surface area (Å²) in [6.07, 6.45) is 5.65. The van der Waals surface area contributed by atoms with E-state index in [1.807, 2.05) is 32.0 Å². The van der Waals surface area contributed by atoms with Gasteiger partial charge >= 0.3 is 5.97 Å². The van der Waals surface area contributed by atoms with Crippen molar-refractivity contribution < 1.29 is 9.53 Å². The molecule has 1 aliphatic carbocycles. The summed E-state index contributed by atoms with van der Waals surface area (Å²) in [5, 5.41) is 3.62. The number of ether oxygens (including phenoxy) is 1. The van der Waals surface area contributed by atoms with E-state index >= 15 is 0 Å². The molecule has 29 heavy (non-hydrogen) atoms. The Morgan fingerprint density at radius 2 is 1.90 bits per heavy atom. The van der Waals surface area contributed by atoms with E-state index in [0.717, 1.165) is 24.2 Å². The van der Waals surface area contributed by atoms with Crippen LogP contribution in [0.4, 0.5) is 0 Å². The SMILES string of the molecule is CC1=CCCCC1C(C)(C)OC(=O)c1cccc(-[s+]2cc(C)c3ccccc32)c1. The Morgan fingerprint density at radius 1 is 1.10 bits per heavy atom. The molecule has 0 bridgehead atoms. The highest BCUT2D eigenvalue weighted by molar-refractivity contribution is 7.43. The molecule has 1 aliphatic rings. The lowest BCUT2D eigenvalue weighted by Crippen LogP contribution is -2.38. The fraction of sp³-hybridized carbons (Fsp3) is 0.346. The lowest BCUT2D eigenvalue weighted by atomic mass is 9.78. The molecule has 0 radical (unpaired) electrons. The maximum atomic E-state index is 13.0. The summed E-state index contributed by atoms with van der Waals surface area (Å²) < 4.78 is 7.38. The van der Waals surface area contributed by atoms with Crippen LogP contribution in [-0.2, 0) is 4.74 Å². The predicted molar refractivity (Wildman–Crippen MR) is 123 cm³/mol. The Labute approximate surface area is 176 Å². The van der Waals surface area contributed by atoms with Gasteiger partial charge in [-0.1, -0.05) is 29.8 Å². The molecule has 1 aromatic heterocycles. The lowest BCUT2D eigenvalue weighted by molar-refractivity contribution is -0.0249. The van der Waals surface area contributed by atoms with Gasteiger partial charge in [-0.2, -0.15) is 0 Å². The topological polar surface area (TPSA) is 26.3 Å². The van der Waals surface area contributed by atoms with Crippen LogP contribution in [0.3, 0.4) is 0 Å². The van der Waals surface area contributed by atoms with E-state index < -0.39 is 5.60 Å². The summed E-state index contributed by atoms with van der Waals surface area (Å²) in [5.74, 6) is 0.0598. The molecule has 0 saturated heterocycles. The zero-order valence-electron chi connectivity index (χ0n) is 17.7. The number of carbonyl (C=O) groups excluding carboxylic acids is 1. The highest BCUT2D eigenvalue weighted by Gasteiger charge is 2.35. The van der Waals surface area contributed by atoms with Gasteiger partial charge in [-0.15, -0.1) is 0 Å². The van der Waals surface area contributed by atoms with Gasteiger partial charge in [-0.3, -0.25) is 0 Å². The number of esters is 1. The van der Waals surface area contributed by atoms with Crippen molar-refractivity contribution in [2.45, 2.75) is 52.6 Å². The van der Waals surface area contributed by atoms with Crippen LogP contribution in [0.2, 0.25) is 0 Å². The Balaban J connectivity index is 1.62. The smallest absolute Gasteiger partial charge is 0.338 e. The molecule has 0 aliphatic heterocycles. The van der Waals surface area contributed by atoms with Gasteiger partial charge in [0.15, 0.2) is 9.60 Å². The van der Waals surface area contributed by atoms with Crippen molar-refractivity contribution in [1.82, 2.24) is 0 Å². The quantitative estimate of drug-likeness (QED) is 0.254. The molecule has 0 spiro atoms. The molecule has 0 amide bonds. The molecule has 150 valence electrons. The fourth-order valence-corrected chi connectivity index (χ4v) is 6.70. The van der Waals surface area contributed by atoms with Crippen molar-refractivity contribution in [3.05, 3.63) is 76.7 Å². The molecule has 0 N–H and O–H groups in total. The van der Waals surface area contributed by atoms with Crippen LogP contribution >= 0.6 is 10.5 Å². The second kappa shape index (κ2) is 7.79. The first-order valence-electron chi connectivity index (χ1n) is 10.4. The number of hydrogen-bond donors (Lipinski definition) is 0. The monoisotopic (exact) mass is 405 g/mol. The van der Waals surface area contributed by atoms with Gasteiger partial charge in [0.1, 0.15) is 11.0 Å². The summed E-state index contributed by atoms with van der Waals surface area (Å²) in [7, 11) is -0.135. The van der Waals surface area contributed by atoms with Gasteiger partial charge in [0.2, 0.25) is 0 Å². The number of carbonyl (C=O) groups is 1. The molecule has 2 atom stereocenters. The zero-order valence-corrected chi connectivity index (χ0v) is 18.5. The number of fused-ring (bicyclic) bond motifs is 1. The summed E-state index contributed by atoms with van der Waals surface area (Å²) >= 11 is 0. The number of rotatable bonds is 4. The van der Waals surface area contributed by atoms with Crippen LogP contribution in [0, 0.1) is 12.8 Å². The van der Waals surface area contributed by atoms with Crippen molar-refractivity contribution in [3.8, 4) is 4.90 Å². The minimum Gasteiger partial charge on any atom is -0.455 e. The van der Waals surface area contributed by atoms with E-state index in [9.17, 15) is 4.79 Å². The molecule has 2 unspecified atom stereocenters. The Hall–Kier alpha value is -2.39. The van der Waals surface area contributed by atoms with E-state index in [0.29, 0.717) is 5.56 Å². The average Bonchev–Trinajstić information content (AvgIpc) is 3.05. The standard InChI is InChI=1S/C26H29O2S/c1-18-10-5-7-14-23(18)26(3,4)28-25(27)20-11-9-12-21(16-20)29-17-19(2)22-13-6-8-15-24(22)29/h6,8-13,15-17,23H,5,7,14H2,1-4H3/q+1. The van der Waals surface area contributed by atoms with Crippen molar-refractivity contribution in [2.75, 3.05) is 0 Å². The molecule has 3 heteroatoms. The maximum absolute atomic E-state index is 13.0. The highest BCUT2D eigenvalue weighted by atomic mass is 32.2. The van der Waals surface area contributed by atoms with Gasteiger partial charge in [0, 0.05) is 33.4 Å². The summed E-state index contributed by atoms with van der Waals surface area (Å²) in [6.45, 7) is 8.41. The highest BCUT2D eigenvalue weighted by Crippen LogP contribution is 2.42. The second-order valence-electron chi connectivity index (χ2n) is 8.59. The number of thiophene rings is 1. The molecule has 2 nitrogen and oxygen atoms in total. The summed E-state index contributed by atoms with van der Waals surface area (Å²) in [6, 6.07) is 16.5. The first kappa shape index (κ1) is 19.9. The van der Waals surface area contributed by atoms with Crippen LogP contribution in [0.25, 0.3) is 15.0 Å². The normalized spacial score (nSPS) is 17.9. The van der Waals surface area contributed by atoms with Gasteiger partial charge in [0.25, 0.3) is 0 Å².